The predicted octanol–water partition coefficient (Wildman–Crippen LogP) is 3.04. The van der Waals surface area contributed by atoms with Gasteiger partial charge in [0.05, 0.1) is 5.25 Å². The summed E-state index contributed by atoms with van der Waals surface area (Å²) < 4.78 is 5.61. The van der Waals surface area contributed by atoms with Crippen molar-refractivity contribution >= 4 is 17.7 Å². The maximum absolute atomic E-state index is 12.5. The van der Waals surface area contributed by atoms with Crippen molar-refractivity contribution in [1.82, 2.24) is 20.1 Å². The van der Waals surface area contributed by atoms with Gasteiger partial charge in [0.25, 0.3) is 5.22 Å². The predicted molar refractivity (Wildman–Crippen MR) is 89.9 cm³/mol. The molecule has 23 heavy (non-hydrogen) atoms. The Hall–Kier alpha value is -2.15. The summed E-state index contributed by atoms with van der Waals surface area (Å²) in [5, 5.41) is 8.08. The first-order chi connectivity index (χ1) is 11.0. The molecule has 7 heteroatoms. The number of thioether (sulfide) groups is 1. The zero-order chi connectivity index (χ0) is 16.8. The van der Waals surface area contributed by atoms with Crippen LogP contribution in [0.5, 0.6) is 0 Å². The highest BCUT2D eigenvalue weighted by molar-refractivity contribution is 8.00. The molecule has 2 rings (SSSR count). The molecular weight excluding hydrogens is 312 g/mol. The summed E-state index contributed by atoms with van der Waals surface area (Å²) in [5.41, 5.74) is 1.76. The molecule has 0 radical (unpaired) electrons. The van der Waals surface area contributed by atoms with Gasteiger partial charge in [0.15, 0.2) is 0 Å². The van der Waals surface area contributed by atoms with Crippen molar-refractivity contribution in [1.29, 1.82) is 0 Å². The van der Waals surface area contributed by atoms with E-state index in [-0.39, 0.29) is 11.2 Å². The summed E-state index contributed by atoms with van der Waals surface area (Å²) in [5.74, 6) is 0.452. The lowest BCUT2D eigenvalue weighted by Crippen LogP contribution is -2.37. The molecule has 2 heterocycles. The van der Waals surface area contributed by atoms with E-state index in [0.29, 0.717) is 24.2 Å². The van der Waals surface area contributed by atoms with E-state index in [2.05, 4.69) is 21.8 Å². The number of rotatable bonds is 7. The molecule has 0 unspecified atom stereocenters. The molecule has 2 aromatic heterocycles. The van der Waals surface area contributed by atoms with Crippen LogP contribution in [0.2, 0.25) is 0 Å². The van der Waals surface area contributed by atoms with Crippen molar-refractivity contribution in [3.8, 4) is 11.5 Å². The number of nitrogens with zero attached hydrogens (tertiary/aromatic N) is 4. The van der Waals surface area contributed by atoms with Crippen molar-refractivity contribution < 1.29 is 9.21 Å². The Bertz CT molecular complexity index is 672. The molecule has 0 aliphatic rings. The van der Waals surface area contributed by atoms with Crippen LogP contribution in [-0.4, -0.2) is 44.3 Å². The van der Waals surface area contributed by atoms with Gasteiger partial charge in [-0.15, -0.1) is 10.2 Å². The Balaban J connectivity index is 2.03. The Kier molecular flexibility index (Phi) is 5.92. The molecule has 2 aromatic rings. The molecule has 122 valence electrons. The van der Waals surface area contributed by atoms with Crippen molar-refractivity contribution in [2.24, 2.45) is 0 Å². The molecule has 0 bridgehead atoms. The normalized spacial score (nSPS) is 12.0. The van der Waals surface area contributed by atoms with E-state index >= 15 is 0 Å². The number of carbonyl (C=O) groups is 1. The monoisotopic (exact) mass is 332 g/mol. The molecule has 1 atom stereocenters. The van der Waals surface area contributed by atoms with Gasteiger partial charge in [-0.3, -0.25) is 9.78 Å². The molecule has 1 amide bonds. The molecule has 6 nitrogen and oxygen atoms in total. The van der Waals surface area contributed by atoms with E-state index < -0.39 is 0 Å². The summed E-state index contributed by atoms with van der Waals surface area (Å²) in [4.78, 5) is 18.2. The second-order valence-corrected chi connectivity index (χ2v) is 6.47. The third-order valence-electron chi connectivity index (χ3n) is 3.11. The van der Waals surface area contributed by atoms with Crippen LogP contribution in [0.4, 0.5) is 0 Å². The number of pyridine rings is 1. The van der Waals surface area contributed by atoms with Gasteiger partial charge in [0, 0.05) is 31.0 Å². The van der Waals surface area contributed by atoms with E-state index in [0.717, 1.165) is 11.1 Å². The minimum Gasteiger partial charge on any atom is -0.411 e. The number of carbonyl (C=O) groups excluding carboxylic acids is 1. The molecule has 0 aromatic carbocycles. The highest BCUT2D eigenvalue weighted by Crippen LogP contribution is 2.26. The van der Waals surface area contributed by atoms with Crippen molar-refractivity contribution in [3.05, 3.63) is 36.7 Å². The van der Waals surface area contributed by atoms with Crippen LogP contribution in [-0.2, 0) is 4.79 Å². The first-order valence-electron chi connectivity index (χ1n) is 7.35. The number of likely N-dealkylation sites (N-methyl/N-ethyl adjacent to an activating group) is 1. The quantitative estimate of drug-likeness (QED) is 0.573. The zero-order valence-electron chi connectivity index (χ0n) is 13.5. The average molecular weight is 332 g/mol. The van der Waals surface area contributed by atoms with Crippen LogP contribution in [0.3, 0.4) is 0 Å². The van der Waals surface area contributed by atoms with Crippen LogP contribution in [0, 0.1) is 0 Å². The van der Waals surface area contributed by atoms with Gasteiger partial charge in [-0.2, -0.15) is 0 Å². The standard InChI is InChI=1S/C16H20N4O2S/c1-5-20(10-11(2)3)15(21)12(4)23-16-19-18-14(22-16)13-6-8-17-9-7-13/h6-9,12H,2,5,10H2,1,3-4H3/t12-/m1/s1. The number of hydrogen-bond donors (Lipinski definition) is 0. The summed E-state index contributed by atoms with van der Waals surface area (Å²) >= 11 is 1.26. The van der Waals surface area contributed by atoms with Gasteiger partial charge in [-0.1, -0.05) is 23.9 Å². The maximum Gasteiger partial charge on any atom is 0.277 e. The lowest BCUT2D eigenvalue weighted by molar-refractivity contribution is -0.129. The lowest BCUT2D eigenvalue weighted by Gasteiger charge is -2.23. The Morgan fingerprint density at radius 3 is 2.70 bits per heavy atom. The molecule has 0 saturated heterocycles. The third-order valence-corrected chi connectivity index (χ3v) is 4.04. The largest absolute Gasteiger partial charge is 0.411 e. The smallest absolute Gasteiger partial charge is 0.277 e. The summed E-state index contributed by atoms with van der Waals surface area (Å²) in [6.07, 6.45) is 3.32. The minimum absolute atomic E-state index is 0.0316. The lowest BCUT2D eigenvalue weighted by atomic mass is 10.3. The fourth-order valence-corrected chi connectivity index (χ4v) is 2.77. The second-order valence-electron chi connectivity index (χ2n) is 5.18. The number of aromatic nitrogens is 3. The summed E-state index contributed by atoms with van der Waals surface area (Å²) in [6.45, 7) is 10.8. The van der Waals surface area contributed by atoms with Gasteiger partial charge in [-0.05, 0) is 32.9 Å². The molecule has 0 spiro atoms. The summed E-state index contributed by atoms with van der Waals surface area (Å²) in [7, 11) is 0. The highest BCUT2D eigenvalue weighted by Gasteiger charge is 2.23. The van der Waals surface area contributed by atoms with E-state index in [4.69, 9.17) is 4.42 Å². The molecule has 0 saturated carbocycles. The Morgan fingerprint density at radius 2 is 2.09 bits per heavy atom. The molecular formula is C16H20N4O2S. The van der Waals surface area contributed by atoms with E-state index in [1.54, 1.807) is 29.4 Å². The van der Waals surface area contributed by atoms with Crippen molar-refractivity contribution in [2.45, 2.75) is 31.2 Å². The van der Waals surface area contributed by atoms with Crippen LogP contribution in [0.15, 0.2) is 46.3 Å². The number of hydrogen-bond acceptors (Lipinski definition) is 6. The van der Waals surface area contributed by atoms with E-state index in [1.165, 1.54) is 11.8 Å². The first-order valence-corrected chi connectivity index (χ1v) is 8.23. The third kappa shape index (κ3) is 4.66. The van der Waals surface area contributed by atoms with Gasteiger partial charge < -0.3 is 9.32 Å². The fourth-order valence-electron chi connectivity index (χ4n) is 2.00. The maximum atomic E-state index is 12.5. The Labute approximate surface area is 140 Å². The SMILES string of the molecule is C=C(C)CN(CC)C(=O)[C@@H](C)Sc1nnc(-c2ccncc2)o1. The molecule has 0 aliphatic carbocycles. The van der Waals surface area contributed by atoms with Gasteiger partial charge in [0.2, 0.25) is 11.8 Å². The van der Waals surface area contributed by atoms with Crippen molar-refractivity contribution in [2.75, 3.05) is 13.1 Å². The van der Waals surface area contributed by atoms with Crippen LogP contribution < -0.4 is 0 Å². The molecule has 0 fully saturated rings. The second kappa shape index (κ2) is 7.92. The average Bonchev–Trinajstić information content (AvgIpc) is 3.01. The fraction of sp³-hybridized carbons (Fsp3) is 0.375. The zero-order valence-corrected chi connectivity index (χ0v) is 14.3. The highest BCUT2D eigenvalue weighted by atomic mass is 32.2. The van der Waals surface area contributed by atoms with Crippen LogP contribution in [0.25, 0.3) is 11.5 Å². The first kappa shape index (κ1) is 17.2. The molecule has 0 aliphatic heterocycles. The molecule has 0 N–H and O–H groups in total. The van der Waals surface area contributed by atoms with Gasteiger partial charge in [-0.25, -0.2) is 0 Å². The van der Waals surface area contributed by atoms with E-state index in [1.807, 2.05) is 20.8 Å². The Morgan fingerprint density at radius 1 is 1.39 bits per heavy atom. The topological polar surface area (TPSA) is 72.1 Å². The van der Waals surface area contributed by atoms with Crippen LogP contribution >= 0.6 is 11.8 Å². The minimum atomic E-state index is -0.306. The van der Waals surface area contributed by atoms with Gasteiger partial charge >= 0.3 is 0 Å². The van der Waals surface area contributed by atoms with Gasteiger partial charge in [0.1, 0.15) is 0 Å². The van der Waals surface area contributed by atoms with Crippen molar-refractivity contribution in [3.63, 3.8) is 0 Å². The summed E-state index contributed by atoms with van der Waals surface area (Å²) in [6, 6.07) is 3.59. The number of amides is 1. The van der Waals surface area contributed by atoms with Crippen LogP contribution in [0.1, 0.15) is 20.8 Å². The van der Waals surface area contributed by atoms with E-state index in [9.17, 15) is 4.79 Å².